The minimum Gasteiger partial charge on any atom is -0.481 e. The van der Waals surface area contributed by atoms with Gasteiger partial charge >= 0.3 is 12.1 Å². The van der Waals surface area contributed by atoms with E-state index in [9.17, 15) is 19.2 Å². The van der Waals surface area contributed by atoms with Crippen LogP contribution in [0.1, 0.15) is 52.9 Å². The quantitative estimate of drug-likeness (QED) is 0.185. The van der Waals surface area contributed by atoms with Gasteiger partial charge in [0.15, 0.2) is 0 Å². The molecule has 0 bridgehead atoms. The van der Waals surface area contributed by atoms with Crippen LogP contribution in [0.25, 0.3) is 0 Å². The van der Waals surface area contributed by atoms with Gasteiger partial charge in [-0.2, -0.15) is 0 Å². The number of nitrogens with one attached hydrogen (secondary N) is 2. The van der Waals surface area contributed by atoms with Crippen LogP contribution < -0.4 is 10.6 Å². The highest BCUT2D eigenvalue weighted by Gasteiger charge is 2.72. The monoisotopic (exact) mass is 590 g/mol. The Morgan fingerprint density at radius 1 is 1.20 bits per heavy atom. The van der Waals surface area contributed by atoms with E-state index in [1.54, 1.807) is 31.4 Å². The van der Waals surface area contributed by atoms with Gasteiger partial charge in [-0.15, -0.1) is 11.8 Å². The third-order valence-corrected chi connectivity index (χ3v) is 8.78. The molecule has 0 radical (unpaired) electrons. The van der Waals surface area contributed by atoms with Crippen molar-refractivity contribution in [2.45, 2.75) is 87.3 Å². The Bertz CT molecular complexity index is 1200. The van der Waals surface area contributed by atoms with Gasteiger partial charge in [-0.05, 0) is 58.2 Å². The number of amides is 3. The van der Waals surface area contributed by atoms with Crippen molar-refractivity contribution in [3.8, 4) is 0 Å². The fourth-order valence-corrected chi connectivity index (χ4v) is 6.40. The lowest BCUT2D eigenvalue weighted by molar-refractivity contribution is -0.138. The number of imide groups is 1. The fraction of sp³-hybridized carbons (Fsp3) is 0.586. The number of rotatable bonds is 12. The van der Waals surface area contributed by atoms with Crippen LogP contribution in [-0.2, 0) is 33.3 Å². The molecule has 11 nitrogen and oxygen atoms in total. The van der Waals surface area contributed by atoms with Crippen LogP contribution in [-0.4, -0.2) is 78.0 Å². The predicted molar refractivity (Wildman–Crippen MR) is 151 cm³/mol. The van der Waals surface area contributed by atoms with Crippen molar-refractivity contribution in [1.29, 1.82) is 0 Å². The summed E-state index contributed by atoms with van der Waals surface area (Å²) in [5.74, 6) is -2.17. The van der Waals surface area contributed by atoms with Gasteiger partial charge < -0.3 is 29.4 Å². The molecule has 3 N–H and O–H groups in total. The van der Waals surface area contributed by atoms with E-state index in [2.05, 4.69) is 37.5 Å². The Labute approximate surface area is 243 Å². The van der Waals surface area contributed by atoms with E-state index < -0.39 is 41.7 Å². The molecule has 1 aromatic carbocycles. The molecule has 2 heterocycles. The molecule has 1 unspecified atom stereocenters. The average molecular weight is 591 g/mol. The number of carboxylic acid groups (broad SMARTS) is 1. The second kappa shape index (κ2) is 12.9. The first-order valence-corrected chi connectivity index (χ1v) is 14.7. The summed E-state index contributed by atoms with van der Waals surface area (Å²) in [5.41, 5.74) is 0.900. The Hall–Kier alpha value is -2.93. The SMILES string of the molecule is CO[C@H]1[C@H](C2(C)O[C@@H]2CC=C(C)C)[C@]2(CC[C@H]1OC(=O)NC(=O)CSc1cccc(NC(=O)CCC(=O)O)c1)CO2. The number of carboxylic acids is 1. The number of hydrogen-bond donors (Lipinski definition) is 3. The second-order valence-electron chi connectivity index (χ2n) is 11.1. The highest BCUT2D eigenvalue weighted by Crippen LogP contribution is 2.59. The number of ether oxygens (including phenoxy) is 4. The summed E-state index contributed by atoms with van der Waals surface area (Å²) in [4.78, 5) is 48.4. The maximum atomic E-state index is 12.7. The first kappa shape index (κ1) is 31.0. The van der Waals surface area contributed by atoms with Crippen LogP contribution in [0, 0.1) is 5.92 Å². The first-order chi connectivity index (χ1) is 19.5. The number of methoxy groups -OCH3 is 1. The van der Waals surface area contributed by atoms with Gasteiger partial charge in [-0.1, -0.05) is 17.7 Å². The number of allylic oxidation sites excluding steroid dienone is 1. The van der Waals surface area contributed by atoms with E-state index in [0.29, 0.717) is 30.0 Å². The highest BCUT2D eigenvalue weighted by molar-refractivity contribution is 8.00. The smallest absolute Gasteiger partial charge is 0.414 e. The number of aliphatic carboxylic acids is 1. The first-order valence-electron chi connectivity index (χ1n) is 13.7. The van der Waals surface area contributed by atoms with Gasteiger partial charge in [0.05, 0.1) is 30.8 Å². The topological polar surface area (TPSA) is 156 Å². The molecule has 0 aromatic heterocycles. The van der Waals surface area contributed by atoms with Crippen molar-refractivity contribution in [1.82, 2.24) is 5.32 Å². The molecule has 1 saturated carbocycles. The van der Waals surface area contributed by atoms with Gasteiger partial charge in [-0.25, -0.2) is 4.79 Å². The Kier molecular flexibility index (Phi) is 9.78. The number of anilines is 1. The molecule has 3 fully saturated rings. The zero-order valence-corrected chi connectivity index (χ0v) is 24.6. The number of benzene rings is 1. The van der Waals surface area contributed by atoms with Gasteiger partial charge in [0.2, 0.25) is 11.8 Å². The number of carbonyl (C=O) groups is 4. The lowest BCUT2D eigenvalue weighted by atomic mass is 9.68. The maximum absolute atomic E-state index is 12.7. The zero-order valence-electron chi connectivity index (χ0n) is 23.8. The minimum absolute atomic E-state index is 0.0314. The normalized spacial score (nSPS) is 29.8. The highest BCUT2D eigenvalue weighted by atomic mass is 32.2. The summed E-state index contributed by atoms with van der Waals surface area (Å²) >= 11 is 1.18. The average Bonchev–Trinajstić information content (AvgIpc) is 3.83. The van der Waals surface area contributed by atoms with E-state index in [1.807, 2.05) is 0 Å². The maximum Gasteiger partial charge on any atom is 0.414 e. The van der Waals surface area contributed by atoms with E-state index in [0.717, 1.165) is 6.42 Å². The molecule has 3 amide bonds. The summed E-state index contributed by atoms with van der Waals surface area (Å²) in [6, 6.07) is 6.80. The molecule has 2 saturated heterocycles. The van der Waals surface area contributed by atoms with Crippen molar-refractivity contribution >= 4 is 41.3 Å². The molecule has 12 heteroatoms. The molecule has 1 aromatic rings. The van der Waals surface area contributed by atoms with Gasteiger partial charge in [0.1, 0.15) is 23.4 Å². The van der Waals surface area contributed by atoms with Crippen LogP contribution in [0.4, 0.5) is 10.5 Å². The van der Waals surface area contributed by atoms with E-state index >= 15 is 0 Å². The lowest BCUT2D eigenvalue weighted by Gasteiger charge is -2.42. The van der Waals surface area contributed by atoms with Crippen LogP contribution in [0.2, 0.25) is 0 Å². The van der Waals surface area contributed by atoms with Crippen molar-refractivity contribution < 1.29 is 43.2 Å². The van der Waals surface area contributed by atoms with Crippen LogP contribution in [0.3, 0.4) is 0 Å². The van der Waals surface area contributed by atoms with Crippen molar-refractivity contribution in [2.75, 3.05) is 24.8 Å². The number of hydrogen-bond acceptors (Lipinski definition) is 9. The standard InChI is InChI=1S/C29H38N2O9S/c1-17(2)8-9-21-28(3,40-21)26-25(37-4)20(12-13-29(26)16-38-29)39-27(36)31-23(33)15-41-19-7-5-6-18(14-19)30-22(32)10-11-24(34)35/h5-8,14,20-21,25-26H,9-13,15-16H2,1-4H3,(H,30,32)(H,34,35)(H,31,33,36)/t20-,21-,25-,26-,28?,29+/m1/s1. The van der Waals surface area contributed by atoms with Crippen molar-refractivity contribution in [3.63, 3.8) is 0 Å². The Morgan fingerprint density at radius 3 is 2.61 bits per heavy atom. The van der Waals surface area contributed by atoms with Crippen LogP contribution in [0.5, 0.6) is 0 Å². The van der Waals surface area contributed by atoms with Crippen LogP contribution >= 0.6 is 11.8 Å². The number of thioether (sulfide) groups is 1. The molecule has 2 aliphatic heterocycles. The van der Waals surface area contributed by atoms with Crippen molar-refractivity contribution in [2.24, 2.45) is 5.92 Å². The summed E-state index contributed by atoms with van der Waals surface area (Å²) in [6.07, 6.45) is 1.98. The summed E-state index contributed by atoms with van der Waals surface area (Å²) in [6.45, 7) is 6.79. The summed E-state index contributed by atoms with van der Waals surface area (Å²) < 4.78 is 23.7. The lowest BCUT2D eigenvalue weighted by Crippen LogP contribution is -2.56. The van der Waals surface area contributed by atoms with Gasteiger partial charge in [-0.3, -0.25) is 19.7 Å². The molecule has 224 valence electrons. The van der Waals surface area contributed by atoms with Gasteiger partial charge in [0.25, 0.3) is 0 Å². The molecular weight excluding hydrogens is 552 g/mol. The predicted octanol–water partition coefficient (Wildman–Crippen LogP) is 3.91. The fourth-order valence-electron chi connectivity index (χ4n) is 5.64. The Morgan fingerprint density at radius 2 is 1.95 bits per heavy atom. The van der Waals surface area contributed by atoms with E-state index in [-0.39, 0.29) is 36.2 Å². The minimum atomic E-state index is -1.05. The van der Waals surface area contributed by atoms with Crippen molar-refractivity contribution in [3.05, 3.63) is 35.9 Å². The number of carbonyl (C=O) groups excluding carboxylic acids is 3. The molecule has 41 heavy (non-hydrogen) atoms. The molecule has 3 aliphatic rings. The zero-order chi connectivity index (χ0) is 29.8. The molecule has 6 atom stereocenters. The second-order valence-corrected chi connectivity index (χ2v) is 12.2. The third-order valence-electron chi connectivity index (χ3n) is 7.79. The Balaban J connectivity index is 1.28. The van der Waals surface area contributed by atoms with E-state index in [4.69, 9.17) is 24.1 Å². The number of epoxide rings is 2. The third kappa shape index (κ3) is 7.88. The largest absolute Gasteiger partial charge is 0.481 e. The summed E-state index contributed by atoms with van der Waals surface area (Å²) in [5, 5.41) is 13.6. The molecular formula is C29H38N2O9S. The molecule has 4 rings (SSSR count). The molecule has 1 aliphatic carbocycles. The van der Waals surface area contributed by atoms with E-state index in [1.165, 1.54) is 17.3 Å². The number of alkyl carbamates (subject to hydrolysis) is 1. The summed E-state index contributed by atoms with van der Waals surface area (Å²) in [7, 11) is 1.59. The van der Waals surface area contributed by atoms with Crippen LogP contribution in [0.15, 0.2) is 40.8 Å². The van der Waals surface area contributed by atoms with Gasteiger partial charge in [0, 0.05) is 24.1 Å². The molecule has 1 spiro atoms.